The lowest BCUT2D eigenvalue weighted by atomic mass is 9.79. The van der Waals surface area contributed by atoms with Crippen LogP contribution >= 0.6 is 0 Å². The van der Waals surface area contributed by atoms with Gasteiger partial charge in [0.1, 0.15) is 5.75 Å². The first-order chi connectivity index (χ1) is 10.0. The van der Waals surface area contributed by atoms with Crippen LogP contribution < -0.4 is 0 Å². The number of phenols is 1. The summed E-state index contributed by atoms with van der Waals surface area (Å²) in [6, 6.07) is 16.1. The minimum atomic E-state index is 0.215. The minimum absolute atomic E-state index is 0.215. The number of hydrogen-bond acceptors (Lipinski definition) is 1. The average molecular weight is 282 g/mol. The van der Waals surface area contributed by atoms with Gasteiger partial charge in [0.15, 0.2) is 0 Å². The number of para-hydroxylation sites is 1. The Bertz CT molecular complexity index is 567. The molecule has 0 aliphatic rings. The molecule has 0 saturated carbocycles. The molecule has 0 aromatic heterocycles. The predicted octanol–water partition coefficient (Wildman–Crippen LogP) is 5.92. The third-order valence-corrected chi connectivity index (χ3v) is 4.29. The third kappa shape index (κ3) is 3.87. The fourth-order valence-electron chi connectivity index (χ4n) is 2.78. The SMILES string of the molecule is CCCCCC(C)(C)c1ccc(-c2ccccc2O)cc1. The van der Waals surface area contributed by atoms with Crippen LogP contribution in [-0.2, 0) is 5.41 Å². The number of aromatic hydroxyl groups is 1. The van der Waals surface area contributed by atoms with Crippen molar-refractivity contribution in [2.75, 3.05) is 0 Å². The number of hydrogen-bond donors (Lipinski definition) is 1. The lowest BCUT2D eigenvalue weighted by Gasteiger charge is -2.25. The summed E-state index contributed by atoms with van der Waals surface area (Å²) in [7, 11) is 0. The van der Waals surface area contributed by atoms with Crippen molar-refractivity contribution in [1.82, 2.24) is 0 Å². The monoisotopic (exact) mass is 282 g/mol. The summed E-state index contributed by atoms with van der Waals surface area (Å²) in [6.45, 7) is 6.88. The van der Waals surface area contributed by atoms with Gasteiger partial charge in [0.05, 0.1) is 0 Å². The minimum Gasteiger partial charge on any atom is -0.507 e. The lowest BCUT2D eigenvalue weighted by molar-refractivity contribution is 0.450. The molecular formula is C20H26O. The van der Waals surface area contributed by atoms with Crippen LogP contribution in [0.4, 0.5) is 0 Å². The van der Waals surface area contributed by atoms with Gasteiger partial charge in [-0.2, -0.15) is 0 Å². The summed E-state index contributed by atoms with van der Waals surface area (Å²) >= 11 is 0. The zero-order chi connectivity index (χ0) is 15.3. The molecule has 0 atom stereocenters. The van der Waals surface area contributed by atoms with Crippen LogP contribution in [0.5, 0.6) is 5.75 Å². The van der Waals surface area contributed by atoms with Gasteiger partial charge in [0.25, 0.3) is 0 Å². The molecule has 0 bridgehead atoms. The Hall–Kier alpha value is -1.76. The zero-order valence-electron chi connectivity index (χ0n) is 13.4. The van der Waals surface area contributed by atoms with Crippen LogP contribution in [0.3, 0.4) is 0 Å². The van der Waals surface area contributed by atoms with Crippen molar-refractivity contribution in [3.8, 4) is 16.9 Å². The van der Waals surface area contributed by atoms with Crippen molar-refractivity contribution in [2.24, 2.45) is 0 Å². The van der Waals surface area contributed by atoms with E-state index in [1.54, 1.807) is 6.07 Å². The van der Waals surface area contributed by atoms with E-state index in [1.807, 2.05) is 18.2 Å². The van der Waals surface area contributed by atoms with Crippen molar-refractivity contribution in [1.29, 1.82) is 0 Å². The topological polar surface area (TPSA) is 20.2 Å². The summed E-state index contributed by atoms with van der Waals surface area (Å²) in [5, 5.41) is 9.94. The Kier molecular flexibility index (Phi) is 5.06. The second-order valence-electron chi connectivity index (χ2n) is 6.44. The van der Waals surface area contributed by atoms with Crippen LogP contribution in [0.25, 0.3) is 11.1 Å². The van der Waals surface area contributed by atoms with E-state index in [9.17, 15) is 5.11 Å². The molecule has 0 fully saturated rings. The Morgan fingerprint density at radius 1 is 0.905 bits per heavy atom. The van der Waals surface area contributed by atoms with Crippen LogP contribution in [0, 0.1) is 0 Å². The van der Waals surface area contributed by atoms with E-state index in [1.165, 1.54) is 31.2 Å². The van der Waals surface area contributed by atoms with Gasteiger partial charge < -0.3 is 5.11 Å². The van der Waals surface area contributed by atoms with Crippen molar-refractivity contribution in [2.45, 2.75) is 51.9 Å². The molecule has 0 aliphatic carbocycles. The van der Waals surface area contributed by atoms with Crippen LogP contribution in [0.1, 0.15) is 52.0 Å². The normalized spacial score (nSPS) is 11.6. The molecular weight excluding hydrogens is 256 g/mol. The van der Waals surface area contributed by atoms with Crippen LogP contribution in [-0.4, -0.2) is 5.11 Å². The Morgan fingerprint density at radius 3 is 2.19 bits per heavy atom. The Morgan fingerprint density at radius 2 is 1.57 bits per heavy atom. The molecule has 112 valence electrons. The highest BCUT2D eigenvalue weighted by Gasteiger charge is 2.19. The summed E-state index contributed by atoms with van der Waals surface area (Å²) in [5.74, 6) is 0.340. The van der Waals surface area contributed by atoms with Crippen molar-refractivity contribution >= 4 is 0 Å². The summed E-state index contributed by atoms with van der Waals surface area (Å²) in [4.78, 5) is 0. The van der Waals surface area contributed by atoms with E-state index in [4.69, 9.17) is 0 Å². The van der Waals surface area contributed by atoms with Gasteiger partial charge in [0.2, 0.25) is 0 Å². The molecule has 21 heavy (non-hydrogen) atoms. The first-order valence-corrected chi connectivity index (χ1v) is 7.93. The molecule has 2 aromatic rings. The van der Waals surface area contributed by atoms with E-state index < -0.39 is 0 Å². The number of benzene rings is 2. The fraction of sp³-hybridized carbons (Fsp3) is 0.400. The zero-order valence-corrected chi connectivity index (χ0v) is 13.4. The molecule has 0 heterocycles. The van der Waals surface area contributed by atoms with Gasteiger partial charge in [-0.05, 0) is 29.0 Å². The highest BCUT2D eigenvalue weighted by molar-refractivity contribution is 5.70. The van der Waals surface area contributed by atoms with Crippen molar-refractivity contribution in [3.63, 3.8) is 0 Å². The van der Waals surface area contributed by atoms with Crippen molar-refractivity contribution in [3.05, 3.63) is 54.1 Å². The number of phenolic OH excluding ortho intramolecular Hbond substituents is 1. The highest BCUT2D eigenvalue weighted by Crippen LogP contribution is 2.33. The fourth-order valence-corrected chi connectivity index (χ4v) is 2.78. The number of unbranched alkanes of at least 4 members (excludes halogenated alkanes) is 2. The highest BCUT2D eigenvalue weighted by atomic mass is 16.3. The summed E-state index contributed by atoms with van der Waals surface area (Å²) in [6.07, 6.45) is 5.07. The summed E-state index contributed by atoms with van der Waals surface area (Å²) < 4.78 is 0. The smallest absolute Gasteiger partial charge is 0.123 e. The molecule has 2 rings (SSSR count). The maximum Gasteiger partial charge on any atom is 0.123 e. The van der Waals surface area contributed by atoms with Crippen LogP contribution in [0.15, 0.2) is 48.5 Å². The van der Waals surface area contributed by atoms with Gasteiger partial charge in [0, 0.05) is 5.56 Å². The molecule has 0 unspecified atom stereocenters. The third-order valence-electron chi connectivity index (χ3n) is 4.29. The lowest BCUT2D eigenvalue weighted by Crippen LogP contribution is -2.16. The Labute approximate surface area is 128 Å². The molecule has 0 amide bonds. The van der Waals surface area contributed by atoms with E-state index in [0.717, 1.165) is 11.1 Å². The first-order valence-electron chi connectivity index (χ1n) is 7.93. The molecule has 0 saturated heterocycles. The van der Waals surface area contributed by atoms with E-state index in [0.29, 0.717) is 5.75 Å². The van der Waals surface area contributed by atoms with Gasteiger partial charge in [-0.25, -0.2) is 0 Å². The second-order valence-corrected chi connectivity index (χ2v) is 6.44. The molecule has 0 spiro atoms. The molecule has 1 nitrogen and oxygen atoms in total. The van der Waals surface area contributed by atoms with Gasteiger partial charge in [-0.15, -0.1) is 0 Å². The molecule has 2 aromatic carbocycles. The quantitative estimate of drug-likeness (QED) is 0.652. The first kappa shape index (κ1) is 15.6. The maximum atomic E-state index is 9.94. The van der Waals surface area contributed by atoms with E-state index in [-0.39, 0.29) is 5.41 Å². The predicted molar refractivity (Wildman–Crippen MR) is 90.7 cm³/mol. The van der Waals surface area contributed by atoms with Crippen LogP contribution in [0.2, 0.25) is 0 Å². The van der Waals surface area contributed by atoms with Gasteiger partial charge in [-0.3, -0.25) is 0 Å². The maximum absolute atomic E-state index is 9.94. The second kappa shape index (κ2) is 6.80. The average Bonchev–Trinajstić information content (AvgIpc) is 2.48. The van der Waals surface area contributed by atoms with Gasteiger partial charge in [-0.1, -0.05) is 82.5 Å². The van der Waals surface area contributed by atoms with Gasteiger partial charge >= 0.3 is 0 Å². The van der Waals surface area contributed by atoms with E-state index >= 15 is 0 Å². The van der Waals surface area contributed by atoms with Crippen molar-refractivity contribution < 1.29 is 5.11 Å². The molecule has 1 heteroatoms. The molecule has 0 radical (unpaired) electrons. The van der Waals surface area contributed by atoms with E-state index in [2.05, 4.69) is 45.0 Å². The molecule has 1 N–H and O–H groups in total. The molecule has 0 aliphatic heterocycles. The Balaban J connectivity index is 2.17. The number of rotatable bonds is 6. The standard InChI is InChI=1S/C20H26O/c1-4-5-8-15-20(2,3)17-13-11-16(12-14-17)18-9-6-7-10-19(18)21/h6-7,9-14,21H,4-5,8,15H2,1-3H3. The summed E-state index contributed by atoms with van der Waals surface area (Å²) in [5.41, 5.74) is 3.55. The largest absolute Gasteiger partial charge is 0.507 e.